The SMILES string of the molecule is COCCN(CCCc1ccccc1)CC(=O)NC(c1ccccc1)c1nccs1. The molecule has 0 aliphatic carbocycles. The Morgan fingerprint density at radius 1 is 1.10 bits per heavy atom. The summed E-state index contributed by atoms with van der Waals surface area (Å²) in [5.41, 5.74) is 2.36. The topological polar surface area (TPSA) is 54.5 Å². The highest BCUT2D eigenvalue weighted by Crippen LogP contribution is 2.23. The molecule has 158 valence electrons. The summed E-state index contributed by atoms with van der Waals surface area (Å²) in [6.07, 6.45) is 3.77. The normalized spacial score (nSPS) is 12.1. The molecule has 3 aromatic rings. The number of thiazole rings is 1. The van der Waals surface area contributed by atoms with Gasteiger partial charge in [-0.25, -0.2) is 4.98 Å². The van der Waals surface area contributed by atoms with Gasteiger partial charge < -0.3 is 10.1 Å². The van der Waals surface area contributed by atoms with Crippen LogP contribution in [0.2, 0.25) is 0 Å². The van der Waals surface area contributed by atoms with Gasteiger partial charge in [-0.15, -0.1) is 11.3 Å². The second-order valence-electron chi connectivity index (χ2n) is 7.14. The summed E-state index contributed by atoms with van der Waals surface area (Å²) in [5, 5.41) is 6.00. The van der Waals surface area contributed by atoms with Crippen LogP contribution in [0.4, 0.5) is 0 Å². The number of amides is 1. The Morgan fingerprint density at radius 2 is 1.83 bits per heavy atom. The summed E-state index contributed by atoms with van der Waals surface area (Å²) in [6.45, 7) is 2.52. The third-order valence-corrected chi connectivity index (χ3v) is 5.74. The van der Waals surface area contributed by atoms with Crippen LogP contribution in [0.5, 0.6) is 0 Å². The van der Waals surface area contributed by atoms with E-state index >= 15 is 0 Å². The van der Waals surface area contributed by atoms with Crippen LogP contribution in [0, 0.1) is 0 Å². The van der Waals surface area contributed by atoms with Crippen molar-refractivity contribution >= 4 is 17.2 Å². The number of carbonyl (C=O) groups is 1. The van der Waals surface area contributed by atoms with E-state index in [4.69, 9.17) is 4.74 Å². The van der Waals surface area contributed by atoms with Gasteiger partial charge in [-0.2, -0.15) is 0 Å². The van der Waals surface area contributed by atoms with Crippen molar-refractivity contribution in [3.05, 3.63) is 88.4 Å². The van der Waals surface area contributed by atoms with Crippen molar-refractivity contribution in [3.63, 3.8) is 0 Å². The third kappa shape index (κ3) is 7.06. The summed E-state index contributed by atoms with van der Waals surface area (Å²) in [7, 11) is 1.69. The summed E-state index contributed by atoms with van der Waals surface area (Å²) >= 11 is 1.55. The highest BCUT2D eigenvalue weighted by molar-refractivity contribution is 7.09. The lowest BCUT2D eigenvalue weighted by molar-refractivity contribution is -0.122. The molecule has 0 aliphatic rings. The molecule has 0 saturated carbocycles. The Morgan fingerprint density at radius 3 is 2.50 bits per heavy atom. The maximum atomic E-state index is 12.9. The fourth-order valence-corrected chi connectivity index (χ4v) is 4.08. The lowest BCUT2D eigenvalue weighted by Gasteiger charge is -2.23. The van der Waals surface area contributed by atoms with Gasteiger partial charge in [0.05, 0.1) is 13.2 Å². The number of nitrogens with zero attached hydrogens (tertiary/aromatic N) is 2. The maximum absolute atomic E-state index is 12.9. The number of aryl methyl sites for hydroxylation is 1. The van der Waals surface area contributed by atoms with Crippen LogP contribution in [-0.2, 0) is 16.0 Å². The zero-order valence-electron chi connectivity index (χ0n) is 17.4. The van der Waals surface area contributed by atoms with E-state index < -0.39 is 0 Å². The number of hydrogen-bond acceptors (Lipinski definition) is 5. The first-order chi connectivity index (χ1) is 14.8. The minimum absolute atomic E-state index is 0.00475. The van der Waals surface area contributed by atoms with Gasteiger partial charge >= 0.3 is 0 Å². The smallest absolute Gasteiger partial charge is 0.235 e. The minimum atomic E-state index is -0.229. The van der Waals surface area contributed by atoms with E-state index in [1.54, 1.807) is 24.6 Å². The van der Waals surface area contributed by atoms with Crippen LogP contribution in [0.3, 0.4) is 0 Å². The van der Waals surface area contributed by atoms with Gasteiger partial charge in [0.2, 0.25) is 5.91 Å². The number of aromatic nitrogens is 1. The zero-order valence-corrected chi connectivity index (χ0v) is 18.2. The predicted octanol–water partition coefficient (Wildman–Crippen LogP) is 3.93. The summed E-state index contributed by atoms with van der Waals surface area (Å²) in [6, 6.07) is 20.2. The molecule has 0 aliphatic heterocycles. The van der Waals surface area contributed by atoms with Crippen LogP contribution in [0.15, 0.2) is 72.2 Å². The largest absolute Gasteiger partial charge is 0.383 e. The molecule has 1 heterocycles. The highest BCUT2D eigenvalue weighted by Gasteiger charge is 2.20. The van der Waals surface area contributed by atoms with E-state index in [2.05, 4.69) is 39.5 Å². The van der Waals surface area contributed by atoms with Gasteiger partial charge in [0.1, 0.15) is 11.0 Å². The fourth-order valence-electron chi connectivity index (χ4n) is 3.36. The van der Waals surface area contributed by atoms with Gasteiger partial charge in [0.15, 0.2) is 0 Å². The van der Waals surface area contributed by atoms with Crippen molar-refractivity contribution in [1.29, 1.82) is 0 Å². The average Bonchev–Trinajstić information content (AvgIpc) is 3.31. The third-order valence-electron chi connectivity index (χ3n) is 4.90. The van der Waals surface area contributed by atoms with Crippen molar-refractivity contribution in [3.8, 4) is 0 Å². The van der Waals surface area contributed by atoms with Crippen LogP contribution >= 0.6 is 11.3 Å². The molecule has 1 atom stereocenters. The fraction of sp³-hybridized carbons (Fsp3) is 0.333. The number of hydrogen-bond donors (Lipinski definition) is 1. The molecular formula is C24H29N3O2S. The molecule has 3 rings (SSSR count). The lowest BCUT2D eigenvalue weighted by atomic mass is 10.1. The highest BCUT2D eigenvalue weighted by atomic mass is 32.1. The Labute approximate surface area is 182 Å². The number of methoxy groups -OCH3 is 1. The molecule has 5 nitrogen and oxygen atoms in total. The summed E-state index contributed by atoms with van der Waals surface area (Å²) < 4.78 is 5.25. The van der Waals surface area contributed by atoms with E-state index in [9.17, 15) is 4.79 Å². The standard InChI is InChI=1S/C24H29N3O2S/c1-29-17-16-27(15-8-11-20-9-4-2-5-10-20)19-22(28)26-23(24-25-14-18-30-24)21-12-6-3-7-13-21/h2-7,9-10,12-14,18,23H,8,11,15-17,19H2,1H3,(H,26,28). The predicted molar refractivity (Wildman–Crippen MR) is 122 cm³/mol. The van der Waals surface area contributed by atoms with E-state index in [-0.39, 0.29) is 11.9 Å². The Bertz CT molecular complexity index is 857. The molecule has 1 N–H and O–H groups in total. The van der Waals surface area contributed by atoms with Crippen molar-refractivity contribution in [1.82, 2.24) is 15.2 Å². The molecule has 1 aromatic heterocycles. The van der Waals surface area contributed by atoms with Gasteiger partial charge in [-0.1, -0.05) is 60.7 Å². The van der Waals surface area contributed by atoms with Gasteiger partial charge in [0.25, 0.3) is 0 Å². The van der Waals surface area contributed by atoms with Gasteiger partial charge in [0, 0.05) is 25.2 Å². The Balaban J connectivity index is 1.59. The Hall–Kier alpha value is -2.54. The molecule has 2 aromatic carbocycles. The molecule has 1 amide bonds. The molecule has 0 bridgehead atoms. The first kappa shape index (κ1) is 22.2. The van der Waals surface area contributed by atoms with E-state index in [0.717, 1.165) is 36.5 Å². The Kier molecular flexibility index (Phi) is 9.03. The quantitative estimate of drug-likeness (QED) is 0.480. The molecule has 30 heavy (non-hydrogen) atoms. The molecule has 0 spiro atoms. The molecule has 0 saturated heterocycles. The van der Waals surface area contributed by atoms with Crippen LogP contribution in [-0.4, -0.2) is 49.1 Å². The van der Waals surface area contributed by atoms with E-state index in [1.165, 1.54) is 5.56 Å². The number of ether oxygens (including phenoxy) is 1. The average molecular weight is 424 g/mol. The summed E-state index contributed by atoms with van der Waals surface area (Å²) in [4.78, 5) is 19.5. The molecular weight excluding hydrogens is 394 g/mol. The lowest BCUT2D eigenvalue weighted by Crippen LogP contribution is -2.41. The minimum Gasteiger partial charge on any atom is -0.383 e. The monoisotopic (exact) mass is 423 g/mol. The first-order valence-corrected chi connectivity index (χ1v) is 11.1. The van der Waals surface area contributed by atoms with Crippen molar-refractivity contribution < 1.29 is 9.53 Å². The second-order valence-corrected chi connectivity index (χ2v) is 8.07. The van der Waals surface area contributed by atoms with Crippen molar-refractivity contribution in [2.24, 2.45) is 0 Å². The van der Waals surface area contributed by atoms with Crippen LogP contribution in [0.1, 0.15) is 28.6 Å². The van der Waals surface area contributed by atoms with Crippen molar-refractivity contribution in [2.45, 2.75) is 18.9 Å². The number of nitrogens with one attached hydrogen (secondary N) is 1. The van der Waals surface area contributed by atoms with Crippen LogP contribution < -0.4 is 5.32 Å². The number of rotatable bonds is 12. The van der Waals surface area contributed by atoms with E-state index in [0.29, 0.717) is 13.2 Å². The molecule has 0 fully saturated rings. The maximum Gasteiger partial charge on any atom is 0.235 e. The van der Waals surface area contributed by atoms with Gasteiger partial charge in [-0.3, -0.25) is 9.69 Å². The van der Waals surface area contributed by atoms with E-state index in [1.807, 2.05) is 41.8 Å². The molecule has 0 radical (unpaired) electrons. The second kappa shape index (κ2) is 12.2. The van der Waals surface area contributed by atoms with Crippen LogP contribution in [0.25, 0.3) is 0 Å². The van der Waals surface area contributed by atoms with Gasteiger partial charge in [-0.05, 0) is 30.5 Å². The van der Waals surface area contributed by atoms with Crippen molar-refractivity contribution in [2.75, 3.05) is 33.4 Å². The molecule has 1 unspecified atom stereocenters. The first-order valence-electron chi connectivity index (χ1n) is 10.2. The number of carbonyl (C=O) groups excluding carboxylic acids is 1. The number of benzene rings is 2. The zero-order chi connectivity index (χ0) is 21.0. The molecule has 6 heteroatoms. The summed E-state index contributed by atoms with van der Waals surface area (Å²) in [5.74, 6) is -0.00475.